The van der Waals surface area contributed by atoms with E-state index in [1.54, 1.807) is 25.3 Å². The lowest BCUT2D eigenvalue weighted by atomic mass is 10.1. The maximum Gasteiger partial charge on any atom is 0.408 e. The topological polar surface area (TPSA) is 129 Å². The van der Waals surface area contributed by atoms with Crippen LogP contribution in [-0.2, 0) is 48.5 Å². The van der Waals surface area contributed by atoms with Crippen LogP contribution >= 0.6 is 0 Å². The van der Waals surface area contributed by atoms with Gasteiger partial charge in [0, 0.05) is 31.2 Å². The van der Waals surface area contributed by atoms with Gasteiger partial charge in [-0.05, 0) is 26.3 Å². The molecule has 34 heavy (non-hydrogen) atoms. The fourth-order valence-corrected chi connectivity index (χ4v) is 3.13. The first-order valence-corrected chi connectivity index (χ1v) is 10.8. The fourth-order valence-electron chi connectivity index (χ4n) is 3.13. The second-order valence-corrected chi connectivity index (χ2v) is 8.71. The zero-order valence-corrected chi connectivity index (χ0v) is 19.4. The normalized spacial score (nSPS) is 14.7. The smallest absolute Gasteiger partial charge is 0.408 e. The highest BCUT2D eigenvalue weighted by atomic mass is 16.7. The van der Waals surface area contributed by atoms with Crippen molar-refractivity contribution in [3.05, 3.63) is 54.1 Å². The molecule has 1 aromatic carbocycles. The SMILES string of the molecule is CC(C)(C)OC(=O)N[C@H](Cc1cncn1COCc1ccccc1)C(=O)ON1C(=O)CCC1=O. The van der Waals surface area contributed by atoms with Gasteiger partial charge in [-0.15, -0.1) is 5.06 Å². The van der Waals surface area contributed by atoms with Crippen molar-refractivity contribution in [3.8, 4) is 0 Å². The Balaban J connectivity index is 1.68. The Labute approximate surface area is 196 Å². The third-order valence-electron chi connectivity index (χ3n) is 4.72. The van der Waals surface area contributed by atoms with Crippen LogP contribution in [0.25, 0.3) is 0 Å². The molecule has 1 aliphatic rings. The molecule has 1 aromatic heterocycles. The summed E-state index contributed by atoms with van der Waals surface area (Å²) in [7, 11) is 0. The van der Waals surface area contributed by atoms with Crippen molar-refractivity contribution >= 4 is 23.9 Å². The molecule has 11 nitrogen and oxygen atoms in total. The maximum atomic E-state index is 12.8. The number of amides is 3. The van der Waals surface area contributed by atoms with Gasteiger partial charge in [-0.1, -0.05) is 30.3 Å². The maximum absolute atomic E-state index is 12.8. The molecule has 1 N–H and O–H groups in total. The van der Waals surface area contributed by atoms with Gasteiger partial charge in [0.1, 0.15) is 18.4 Å². The van der Waals surface area contributed by atoms with Crippen molar-refractivity contribution in [1.82, 2.24) is 19.9 Å². The van der Waals surface area contributed by atoms with Gasteiger partial charge in [-0.2, -0.15) is 0 Å². The van der Waals surface area contributed by atoms with Gasteiger partial charge in [0.2, 0.25) is 0 Å². The van der Waals surface area contributed by atoms with E-state index in [0.29, 0.717) is 17.4 Å². The monoisotopic (exact) mass is 472 g/mol. The Hall–Kier alpha value is -3.73. The van der Waals surface area contributed by atoms with Crippen molar-refractivity contribution < 1.29 is 33.5 Å². The zero-order chi connectivity index (χ0) is 24.7. The molecular formula is C23H28N4O7. The summed E-state index contributed by atoms with van der Waals surface area (Å²) in [6, 6.07) is 8.36. The third kappa shape index (κ3) is 7.14. The van der Waals surface area contributed by atoms with Crippen LogP contribution in [0.5, 0.6) is 0 Å². The molecule has 1 saturated heterocycles. The molecule has 3 amide bonds. The first kappa shape index (κ1) is 24.9. The minimum Gasteiger partial charge on any atom is -0.444 e. The number of rotatable bonds is 9. The van der Waals surface area contributed by atoms with Crippen LogP contribution in [0.2, 0.25) is 0 Å². The van der Waals surface area contributed by atoms with E-state index in [1.807, 2.05) is 30.3 Å². The van der Waals surface area contributed by atoms with E-state index >= 15 is 0 Å². The van der Waals surface area contributed by atoms with E-state index in [4.69, 9.17) is 14.3 Å². The minimum atomic E-state index is -1.25. The number of ether oxygens (including phenoxy) is 2. The van der Waals surface area contributed by atoms with Gasteiger partial charge in [-0.25, -0.2) is 14.6 Å². The number of hydrogen-bond donors (Lipinski definition) is 1. The van der Waals surface area contributed by atoms with Crippen LogP contribution in [0.1, 0.15) is 44.9 Å². The first-order chi connectivity index (χ1) is 16.1. The lowest BCUT2D eigenvalue weighted by molar-refractivity contribution is -0.198. The molecule has 0 bridgehead atoms. The molecule has 1 atom stereocenters. The number of imide groups is 1. The van der Waals surface area contributed by atoms with E-state index in [-0.39, 0.29) is 26.0 Å². The first-order valence-electron chi connectivity index (χ1n) is 10.8. The molecule has 0 radical (unpaired) electrons. The summed E-state index contributed by atoms with van der Waals surface area (Å²) in [5.41, 5.74) is 0.759. The van der Waals surface area contributed by atoms with Crippen LogP contribution in [0.3, 0.4) is 0 Å². The minimum absolute atomic E-state index is 0.0387. The molecule has 0 unspecified atom stereocenters. The van der Waals surface area contributed by atoms with Gasteiger partial charge in [0.05, 0.1) is 12.9 Å². The Morgan fingerprint density at radius 1 is 1.12 bits per heavy atom. The number of aromatic nitrogens is 2. The molecule has 1 fully saturated rings. The fraction of sp³-hybridized carbons (Fsp3) is 0.435. The number of carbonyl (C=O) groups excluding carboxylic acids is 4. The predicted octanol–water partition coefficient (Wildman–Crippen LogP) is 2.10. The number of imidazole rings is 1. The molecule has 2 heterocycles. The van der Waals surface area contributed by atoms with E-state index in [2.05, 4.69) is 10.3 Å². The number of nitrogens with zero attached hydrogens (tertiary/aromatic N) is 3. The van der Waals surface area contributed by atoms with E-state index in [0.717, 1.165) is 5.56 Å². The van der Waals surface area contributed by atoms with Gasteiger partial charge < -0.3 is 24.2 Å². The average Bonchev–Trinajstić information content (AvgIpc) is 3.33. The summed E-state index contributed by atoms with van der Waals surface area (Å²) in [5, 5.41) is 2.89. The quantitative estimate of drug-likeness (QED) is 0.550. The lowest BCUT2D eigenvalue weighted by Gasteiger charge is -2.24. The van der Waals surface area contributed by atoms with Crippen LogP contribution in [-0.4, -0.2) is 50.1 Å². The average molecular weight is 472 g/mol. The van der Waals surface area contributed by atoms with E-state index in [1.165, 1.54) is 12.5 Å². The second kappa shape index (κ2) is 10.9. The largest absolute Gasteiger partial charge is 0.444 e. The van der Waals surface area contributed by atoms with E-state index in [9.17, 15) is 19.2 Å². The summed E-state index contributed by atoms with van der Waals surface area (Å²) >= 11 is 0. The molecule has 182 valence electrons. The van der Waals surface area contributed by atoms with Gasteiger partial charge in [-0.3, -0.25) is 9.59 Å². The van der Waals surface area contributed by atoms with Crippen molar-refractivity contribution in [1.29, 1.82) is 0 Å². The summed E-state index contributed by atoms with van der Waals surface area (Å²) in [4.78, 5) is 58.0. The zero-order valence-electron chi connectivity index (χ0n) is 19.4. The molecule has 0 saturated carbocycles. The molecule has 3 rings (SSSR count). The number of benzene rings is 1. The standard InChI is InChI=1S/C23H28N4O7/c1-23(2,3)33-22(31)25-18(21(30)34-27-19(28)9-10-20(27)29)11-17-12-24-14-26(17)15-32-13-16-7-5-4-6-8-16/h4-8,12,14,18H,9-11,13,15H2,1-3H3,(H,25,31)/t18-/m1/s1. The molecule has 0 spiro atoms. The summed E-state index contributed by atoms with van der Waals surface area (Å²) in [6.07, 6.45) is 2.09. The summed E-state index contributed by atoms with van der Waals surface area (Å²) in [5.74, 6) is -2.21. The number of carbonyl (C=O) groups is 4. The highest BCUT2D eigenvalue weighted by Crippen LogP contribution is 2.15. The highest BCUT2D eigenvalue weighted by molar-refractivity contribution is 6.01. The lowest BCUT2D eigenvalue weighted by Crippen LogP contribution is -2.48. The Bertz CT molecular complexity index is 1010. The third-order valence-corrected chi connectivity index (χ3v) is 4.72. The molecule has 1 aliphatic heterocycles. The number of hydrogen-bond acceptors (Lipinski definition) is 8. The Kier molecular flexibility index (Phi) is 8.00. The van der Waals surface area contributed by atoms with Crippen LogP contribution < -0.4 is 5.32 Å². The molecule has 2 aromatic rings. The number of alkyl carbamates (subject to hydrolysis) is 1. The summed E-state index contributed by atoms with van der Waals surface area (Å²) < 4.78 is 12.6. The molecule has 0 aliphatic carbocycles. The Morgan fingerprint density at radius 2 is 1.79 bits per heavy atom. The van der Waals surface area contributed by atoms with Gasteiger partial charge in [0.25, 0.3) is 11.8 Å². The second-order valence-electron chi connectivity index (χ2n) is 8.71. The highest BCUT2D eigenvalue weighted by Gasteiger charge is 2.36. The van der Waals surface area contributed by atoms with Crippen molar-refractivity contribution in [2.75, 3.05) is 0 Å². The summed E-state index contributed by atoms with van der Waals surface area (Å²) in [6.45, 7) is 5.57. The predicted molar refractivity (Wildman–Crippen MR) is 117 cm³/mol. The van der Waals surface area contributed by atoms with Crippen LogP contribution in [0.15, 0.2) is 42.9 Å². The van der Waals surface area contributed by atoms with Crippen LogP contribution in [0, 0.1) is 0 Å². The molecular weight excluding hydrogens is 444 g/mol. The Morgan fingerprint density at radius 3 is 2.44 bits per heavy atom. The van der Waals surface area contributed by atoms with Gasteiger partial charge >= 0.3 is 12.1 Å². The molecule has 11 heteroatoms. The van der Waals surface area contributed by atoms with Crippen molar-refractivity contribution in [3.63, 3.8) is 0 Å². The number of hydroxylamine groups is 2. The van der Waals surface area contributed by atoms with E-state index < -0.39 is 35.5 Å². The number of nitrogens with one attached hydrogen (secondary N) is 1. The van der Waals surface area contributed by atoms with Gasteiger partial charge in [0.15, 0.2) is 0 Å². The van der Waals surface area contributed by atoms with Crippen molar-refractivity contribution in [2.45, 2.75) is 65.0 Å². The van der Waals surface area contributed by atoms with Crippen molar-refractivity contribution in [2.24, 2.45) is 0 Å². The van der Waals surface area contributed by atoms with Crippen LogP contribution in [0.4, 0.5) is 4.79 Å².